The van der Waals surface area contributed by atoms with Crippen molar-refractivity contribution in [2.75, 3.05) is 27.2 Å². The number of benzene rings is 2. The van der Waals surface area contributed by atoms with Gasteiger partial charge in [0.1, 0.15) is 5.75 Å². The minimum absolute atomic E-state index is 0.135. The number of hydrogen-bond donors (Lipinski definition) is 2. The maximum absolute atomic E-state index is 14.8. The van der Waals surface area contributed by atoms with Crippen molar-refractivity contribution >= 4 is 28.7 Å². The van der Waals surface area contributed by atoms with Crippen molar-refractivity contribution in [3.8, 4) is 17.0 Å². The van der Waals surface area contributed by atoms with Gasteiger partial charge in [0.25, 0.3) is 0 Å². The average Bonchev–Trinajstić information content (AvgIpc) is 3.64. The molecule has 9 nitrogen and oxygen atoms in total. The number of amides is 1. The zero-order valence-corrected chi connectivity index (χ0v) is 27.1. The molecule has 2 saturated heterocycles. The van der Waals surface area contributed by atoms with E-state index in [0.29, 0.717) is 23.9 Å². The summed E-state index contributed by atoms with van der Waals surface area (Å²) in [6, 6.07) is 12.6. The molecule has 4 atom stereocenters. The number of alkyl halides is 3. The zero-order valence-electron chi connectivity index (χ0n) is 27.1. The van der Waals surface area contributed by atoms with Crippen molar-refractivity contribution < 1.29 is 42.5 Å². The quantitative estimate of drug-likeness (QED) is 0.327. The van der Waals surface area contributed by atoms with E-state index in [4.69, 9.17) is 14.6 Å². The van der Waals surface area contributed by atoms with Crippen LogP contribution in [0.4, 0.5) is 13.2 Å². The van der Waals surface area contributed by atoms with Crippen molar-refractivity contribution in [3.63, 3.8) is 0 Å². The summed E-state index contributed by atoms with van der Waals surface area (Å²) in [5.41, 5.74) is 5.71. The molecule has 2 saturated carbocycles. The molecule has 0 spiro atoms. The van der Waals surface area contributed by atoms with Gasteiger partial charge in [-0.15, -0.1) is 0 Å². The lowest BCUT2D eigenvalue weighted by atomic mass is 9.81. The number of carbonyl (C=O) groups excluding carboxylic acids is 1. The maximum atomic E-state index is 14.8. The average molecular weight is 668 g/mol. The van der Waals surface area contributed by atoms with Crippen molar-refractivity contribution in [2.24, 2.45) is 5.41 Å². The number of methoxy groups -OCH3 is 1. The summed E-state index contributed by atoms with van der Waals surface area (Å²) < 4.78 is 39.8. The molecule has 4 fully saturated rings. The summed E-state index contributed by atoms with van der Waals surface area (Å²) in [6.45, 7) is 2.48. The monoisotopic (exact) mass is 667 g/mol. The summed E-state index contributed by atoms with van der Waals surface area (Å²) in [5.74, 6) is -1.97. The molecule has 1 aromatic heterocycles. The SMILES string of the molecule is COc1ccc2c(c1)C1CC1(C(=O)N1C3CCC1CN(C)C3)Cn1c-2c(C2CCCCC2)c2ccc(C(=O)O)cc21.O=C(O)C(F)(F)F. The van der Waals surface area contributed by atoms with Crippen molar-refractivity contribution in [1.82, 2.24) is 14.4 Å². The third-order valence-corrected chi connectivity index (χ3v) is 11.3. The normalized spacial score (nSPS) is 26.4. The number of carboxylic acid groups (broad SMARTS) is 2. The number of ether oxygens (including phenoxy) is 1. The van der Waals surface area contributed by atoms with Crippen molar-refractivity contribution in [2.45, 2.75) is 88.0 Å². The van der Waals surface area contributed by atoms with Gasteiger partial charge < -0.3 is 29.3 Å². The first-order valence-corrected chi connectivity index (χ1v) is 16.7. The number of nitrogens with zero attached hydrogens (tertiary/aromatic N) is 3. The van der Waals surface area contributed by atoms with Crippen LogP contribution in [0, 0.1) is 5.41 Å². The van der Waals surface area contributed by atoms with Gasteiger partial charge in [0.2, 0.25) is 5.91 Å². The number of likely N-dealkylation sites (tertiary alicyclic amines) is 1. The van der Waals surface area contributed by atoms with Gasteiger partial charge in [0.05, 0.1) is 23.8 Å². The Bertz CT molecular complexity index is 1780. The highest BCUT2D eigenvalue weighted by atomic mass is 19.4. The second-order valence-electron chi connectivity index (χ2n) is 14.2. The van der Waals surface area contributed by atoms with E-state index in [0.717, 1.165) is 61.8 Å². The van der Waals surface area contributed by atoms with E-state index in [1.165, 1.54) is 41.6 Å². The van der Waals surface area contributed by atoms with Gasteiger partial charge in [-0.1, -0.05) is 25.3 Å². The minimum atomic E-state index is -5.08. The predicted octanol–water partition coefficient (Wildman–Crippen LogP) is 6.49. The molecular formula is C36H40F3N3O6. The number of carbonyl (C=O) groups is 3. The van der Waals surface area contributed by atoms with Gasteiger partial charge >= 0.3 is 18.1 Å². The Morgan fingerprint density at radius 3 is 2.21 bits per heavy atom. The molecule has 4 heterocycles. The lowest BCUT2D eigenvalue weighted by Crippen LogP contribution is -2.57. The van der Waals surface area contributed by atoms with Crippen LogP contribution >= 0.6 is 0 Å². The Labute approximate surface area is 276 Å². The number of aliphatic carboxylic acids is 1. The first-order valence-electron chi connectivity index (χ1n) is 16.7. The fourth-order valence-electron chi connectivity index (χ4n) is 9.12. The third-order valence-electron chi connectivity index (χ3n) is 11.3. The summed E-state index contributed by atoms with van der Waals surface area (Å²) in [6.07, 6.45) is 3.91. The fourth-order valence-corrected chi connectivity index (χ4v) is 9.12. The number of likely N-dealkylation sites (N-methyl/N-ethyl adjacent to an activating group) is 1. The van der Waals surface area contributed by atoms with Crippen LogP contribution in [0.25, 0.3) is 22.2 Å². The number of fused-ring (bicyclic) bond motifs is 9. The Morgan fingerprint density at radius 2 is 1.60 bits per heavy atom. The first kappa shape index (κ1) is 32.5. The predicted molar refractivity (Wildman–Crippen MR) is 171 cm³/mol. The van der Waals surface area contributed by atoms with Crippen LogP contribution in [0.15, 0.2) is 36.4 Å². The zero-order chi connectivity index (χ0) is 34.1. The maximum Gasteiger partial charge on any atom is 0.490 e. The van der Waals surface area contributed by atoms with Crippen LogP contribution in [0.1, 0.15) is 84.7 Å². The molecular weight excluding hydrogens is 627 g/mol. The highest BCUT2D eigenvalue weighted by Crippen LogP contribution is 2.66. The Kier molecular flexibility index (Phi) is 8.00. The number of piperazine rings is 1. The van der Waals surface area contributed by atoms with E-state index in [-0.39, 0.29) is 18.0 Å². The van der Waals surface area contributed by atoms with E-state index in [9.17, 15) is 27.9 Å². The molecule has 48 heavy (non-hydrogen) atoms. The molecule has 2 aromatic carbocycles. The van der Waals surface area contributed by atoms with Crippen molar-refractivity contribution in [3.05, 3.63) is 53.1 Å². The summed E-state index contributed by atoms with van der Waals surface area (Å²) >= 11 is 0. The van der Waals surface area contributed by atoms with Gasteiger partial charge in [-0.25, -0.2) is 9.59 Å². The topological polar surface area (TPSA) is 112 Å². The molecule has 256 valence electrons. The van der Waals surface area contributed by atoms with Gasteiger partial charge in [-0.3, -0.25) is 4.79 Å². The molecule has 1 amide bonds. The van der Waals surface area contributed by atoms with Crippen LogP contribution in [-0.4, -0.2) is 87.9 Å². The molecule has 5 aliphatic rings. The van der Waals surface area contributed by atoms with Gasteiger partial charge in [-0.05, 0) is 86.5 Å². The summed E-state index contributed by atoms with van der Waals surface area (Å²) in [5, 5.41) is 18.2. The molecule has 2 bridgehead atoms. The second kappa shape index (κ2) is 11.8. The fraction of sp³-hybridized carbons (Fsp3) is 0.528. The molecule has 2 N–H and O–H groups in total. The van der Waals surface area contributed by atoms with Crippen LogP contribution in [0.5, 0.6) is 5.75 Å². The number of halogens is 3. The molecule has 8 rings (SSSR count). The van der Waals surface area contributed by atoms with E-state index in [2.05, 4.69) is 33.5 Å². The van der Waals surface area contributed by atoms with Crippen LogP contribution < -0.4 is 4.74 Å². The first-order chi connectivity index (χ1) is 22.8. The molecule has 3 aromatic rings. The number of aromatic nitrogens is 1. The lowest BCUT2D eigenvalue weighted by molar-refractivity contribution is -0.192. The molecule has 2 aliphatic carbocycles. The third kappa shape index (κ3) is 5.32. The molecule has 12 heteroatoms. The standard InChI is InChI=1S/C34H39N3O4.C2HF3O2/c1-35-17-22-9-10-23(18-35)37(22)33(40)34-16-28(34)27-15-24(41-2)11-13-25(27)31-30(20-6-4-3-5-7-20)26-12-8-21(32(38)39)14-29(26)36(31)19-34;3-2(4,5)1(6)7/h8,11-15,20,22-23,28H,3-7,9-10,16-19H2,1-2H3,(H,38,39);(H,6,7). The van der Waals surface area contributed by atoms with E-state index < -0.39 is 23.5 Å². The number of carboxylic acids is 2. The molecule has 4 unspecified atom stereocenters. The van der Waals surface area contributed by atoms with Crippen LogP contribution in [-0.2, 0) is 16.1 Å². The van der Waals surface area contributed by atoms with E-state index >= 15 is 0 Å². The van der Waals surface area contributed by atoms with E-state index in [1.54, 1.807) is 13.2 Å². The van der Waals surface area contributed by atoms with Gasteiger partial charge in [0.15, 0.2) is 0 Å². The molecule has 0 radical (unpaired) electrons. The lowest BCUT2D eigenvalue weighted by Gasteiger charge is -2.41. The Morgan fingerprint density at radius 1 is 0.938 bits per heavy atom. The Balaban J connectivity index is 0.000000473. The highest BCUT2D eigenvalue weighted by molar-refractivity contribution is 6.00. The number of rotatable bonds is 4. The van der Waals surface area contributed by atoms with Crippen molar-refractivity contribution in [1.29, 1.82) is 0 Å². The number of hydrogen-bond acceptors (Lipinski definition) is 5. The smallest absolute Gasteiger partial charge is 0.490 e. The highest BCUT2D eigenvalue weighted by Gasteiger charge is 2.65. The summed E-state index contributed by atoms with van der Waals surface area (Å²) in [4.78, 5) is 40.5. The largest absolute Gasteiger partial charge is 0.497 e. The minimum Gasteiger partial charge on any atom is -0.497 e. The van der Waals surface area contributed by atoms with Crippen LogP contribution in [0.2, 0.25) is 0 Å². The van der Waals surface area contributed by atoms with Gasteiger partial charge in [-0.2, -0.15) is 13.2 Å². The number of aromatic carboxylic acids is 1. The van der Waals surface area contributed by atoms with E-state index in [1.807, 2.05) is 18.2 Å². The Hall–Kier alpha value is -4.06. The summed E-state index contributed by atoms with van der Waals surface area (Å²) in [7, 11) is 3.88. The molecule has 3 aliphatic heterocycles. The van der Waals surface area contributed by atoms with Gasteiger partial charge in [0, 0.05) is 54.1 Å². The van der Waals surface area contributed by atoms with Crippen LogP contribution in [0.3, 0.4) is 0 Å². The second-order valence-corrected chi connectivity index (χ2v) is 14.2.